The lowest BCUT2D eigenvalue weighted by Gasteiger charge is -2.48. The van der Waals surface area contributed by atoms with Crippen molar-refractivity contribution in [3.05, 3.63) is 0 Å². The molecule has 0 aromatic carbocycles. The Kier molecular flexibility index (Phi) is 4.44. The molecule has 0 bridgehead atoms. The number of halogens is 3. The number of hydrogen-bond donors (Lipinski definition) is 0. The van der Waals surface area contributed by atoms with E-state index in [2.05, 4.69) is 0 Å². The van der Waals surface area contributed by atoms with E-state index in [9.17, 15) is 18.0 Å². The second-order valence-electron chi connectivity index (χ2n) is 4.58. The zero-order valence-electron chi connectivity index (χ0n) is 10.5. The minimum atomic E-state index is -4.48. The number of thioether (sulfide) groups is 1. The molecule has 2 fully saturated rings. The van der Waals surface area contributed by atoms with Crippen LogP contribution in [0.15, 0.2) is 0 Å². The quantitative estimate of drug-likeness (QED) is 0.775. The second kappa shape index (κ2) is 5.59. The molecule has 2 saturated heterocycles. The van der Waals surface area contributed by atoms with Gasteiger partial charge in [-0.1, -0.05) is 11.8 Å². The van der Waals surface area contributed by atoms with Crippen LogP contribution in [0.2, 0.25) is 0 Å². The Morgan fingerprint density at radius 2 is 2.05 bits per heavy atom. The van der Waals surface area contributed by atoms with Crippen molar-refractivity contribution >= 4 is 17.5 Å². The van der Waals surface area contributed by atoms with Gasteiger partial charge in [0.25, 0.3) is 0 Å². The van der Waals surface area contributed by atoms with Crippen molar-refractivity contribution in [1.29, 1.82) is 0 Å². The summed E-state index contributed by atoms with van der Waals surface area (Å²) in [5, 5.41) is 0. The highest BCUT2D eigenvalue weighted by Gasteiger charge is 2.62. The van der Waals surface area contributed by atoms with Crippen LogP contribution in [-0.4, -0.2) is 60.6 Å². The predicted octanol–water partition coefficient (Wildman–Crippen LogP) is 1.65. The smallest absolute Gasteiger partial charge is 0.379 e. The van der Waals surface area contributed by atoms with Gasteiger partial charge in [0.2, 0.25) is 0 Å². The number of ketones is 1. The molecule has 0 amide bonds. The molecule has 2 aliphatic heterocycles. The number of methoxy groups -OCH3 is 1. The lowest BCUT2D eigenvalue weighted by Crippen LogP contribution is -2.62. The molecule has 2 atom stereocenters. The Morgan fingerprint density at radius 1 is 1.42 bits per heavy atom. The van der Waals surface area contributed by atoms with E-state index in [-0.39, 0.29) is 32.7 Å². The summed E-state index contributed by atoms with van der Waals surface area (Å²) < 4.78 is 50.7. The molecule has 2 rings (SSSR count). The van der Waals surface area contributed by atoms with Gasteiger partial charge in [-0.05, 0) is 0 Å². The molecule has 0 spiro atoms. The third kappa shape index (κ3) is 2.91. The summed E-state index contributed by atoms with van der Waals surface area (Å²) in [4.78, 5) is 10.8. The van der Waals surface area contributed by atoms with Gasteiger partial charge >= 0.3 is 6.18 Å². The number of alkyl halides is 3. The van der Waals surface area contributed by atoms with Crippen molar-refractivity contribution in [2.24, 2.45) is 0 Å². The first-order chi connectivity index (χ1) is 8.89. The van der Waals surface area contributed by atoms with Gasteiger partial charge in [0, 0.05) is 33.0 Å². The van der Waals surface area contributed by atoms with Gasteiger partial charge in [0.05, 0.1) is 13.2 Å². The molecule has 110 valence electrons. The second-order valence-corrected chi connectivity index (χ2v) is 6.02. The topological polar surface area (TPSA) is 38.8 Å². The van der Waals surface area contributed by atoms with E-state index < -0.39 is 28.7 Å². The number of hydrogen-bond acceptors (Lipinski definition) is 5. The van der Waals surface area contributed by atoms with Gasteiger partial charge < -0.3 is 9.47 Å². The summed E-state index contributed by atoms with van der Waals surface area (Å²) >= 11 is 0.698. The Labute approximate surface area is 113 Å². The number of Topliss-reactive ketones (excluding diaryl/α,β-unsaturated/α-hetero) is 1. The molecule has 19 heavy (non-hydrogen) atoms. The van der Waals surface area contributed by atoms with Gasteiger partial charge in [0.15, 0.2) is 4.87 Å². The third-order valence-electron chi connectivity index (χ3n) is 3.39. The average Bonchev–Trinajstić information content (AvgIpc) is 2.37. The van der Waals surface area contributed by atoms with Crippen molar-refractivity contribution < 1.29 is 27.4 Å². The fourth-order valence-corrected chi connectivity index (χ4v) is 3.92. The molecule has 0 radical (unpaired) electrons. The van der Waals surface area contributed by atoms with Crippen molar-refractivity contribution in [1.82, 2.24) is 4.90 Å². The van der Waals surface area contributed by atoms with Gasteiger partial charge in [-0.25, -0.2) is 0 Å². The Hall–Kier alpha value is -0.310. The SMILES string of the molecule is COC1CC(=O)CC(N2CCOCC2)(C(F)(F)F)S1. The van der Waals surface area contributed by atoms with Crippen LogP contribution < -0.4 is 0 Å². The van der Waals surface area contributed by atoms with E-state index in [0.29, 0.717) is 11.8 Å². The van der Waals surface area contributed by atoms with Crippen molar-refractivity contribution in [2.45, 2.75) is 29.3 Å². The van der Waals surface area contributed by atoms with Crippen molar-refractivity contribution in [3.8, 4) is 0 Å². The van der Waals surface area contributed by atoms with Crippen molar-refractivity contribution in [2.75, 3.05) is 33.4 Å². The van der Waals surface area contributed by atoms with Gasteiger partial charge in [-0.3, -0.25) is 9.69 Å². The zero-order chi connectivity index (χ0) is 14.1. The van der Waals surface area contributed by atoms with Gasteiger partial charge in [0.1, 0.15) is 11.2 Å². The molecule has 0 aromatic rings. The molecular weight excluding hydrogens is 283 g/mol. The molecule has 8 heteroatoms. The van der Waals surface area contributed by atoms with Crippen LogP contribution in [0.5, 0.6) is 0 Å². The lowest BCUT2D eigenvalue weighted by molar-refractivity contribution is -0.210. The molecule has 2 heterocycles. The maximum absolute atomic E-state index is 13.6. The zero-order valence-corrected chi connectivity index (χ0v) is 11.4. The van der Waals surface area contributed by atoms with Crippen LogP contribution in [0.1, 0.15) is 12.8 Å². The van der Waals surface area contributed by atoms with Crippen LogP contribution in [0, 0.1) is 0 Å². The lowest BCUT2D eigenvalue weighted by atomic mass is 10.0. The summed E-state index contributed by atoms with van der Waals surface area (Å²) in [5.41, 5.74) is -0.745. The van der Waals surface area contributed by atoms with E-state index >= 15 is 0 Å². The first-order valence-corrected chi connectivity index (χ1v) is 6.89. The van der Waals surface area contributed by atoms with E-state index in [1.165, 1.54) is 12.0 Å². The maximum atomic E-state index is 13.6. The van der Waals surface area contributed by atoms with E-state index in [1.54, 1.807) is 0 Å². The van der Waals surface area contributed by atoms with Crippen LogP contribution in [0.25, 0.3) is 0 Å². The molecule has 0 saturated carbocycles. The summed E-state index contributed by atoms with van der Waals surface area (Å²) in [5.74, 6) is -0.408. The highest BCUT2D eigenvalue weighted by molar-refractivity contribution is 8.01. The Morgan fingerprint density at radius 3 is 2.58 bits per heavy atom. The largest absolute Gasteiger partial charge is 0.416 e. The van der Waals surface area contributed by atoms with Gasteiger partial charge in [-0.2, -0.15) is 13.2 Å². The highest BCUT2D eigenvalue weighted by Crippen LogP contribution is 2.52. The summed E-state index contributed by atoms with van der Waals surface area (Å²) in [6, 6.07) is 0. The number of carbonyl (C=O) groups excluding carboxylic acids is 1. The molecule has 2 aliphatic rings. The molecule has 0 N–H and O–H groups in total. The first kappa shape index (κ1) is 15.1. The Bertz CT molecular complexity index is 347. The first-order valence-electron chi connectivity index (χ1n) is 6.01. The predicted molar refractivity (Wildman–Crippen MR) is 63.8 cm³/mol. The number of carbonyl (C=O) groups is 1. The van der Waals surface area contributed by atoms with Crippen LogP contribution >= 0.6 is 11.8 Å². The number of nitrogens with zero attached hydrogens (tertiary/aromatic N) is 1. The van der Waals surface area contributed by atoms with Crippen LogP contribution in [0.3, 0.4) is 0 Å². The van der Waals surface area contributed by atoms with E-state index in [1.807, 2.05) is 0 Å². The number of ether oxygens (including phenoxy) is 2. The van der Waals surface area contributed by atoms with Crippen LogP contribution in [0.4, 0.5) is 13.2 Å². The summed E-state index contributed by atoms with van der Waals surface area (Å²) in [6.45, 7) is 0.862. The molecule has 0 aromatic heterocycles. The summed E-state index contributed by atoms with van der Waals surface area (Å²) in [7, 11) is 1.33. The maximum Gasteiger partial charge on any atom is 0.416 e. The van der Waals surface area contributed by atoms with Crippen LogP contribution in [-0.2, 0) is 14.3 Å². The minimum Gasteiger partial charge on any atom is -0.379 e. The van der Waals surface area contributed by atoms with E-state index in [4.69, 9.17) is 9.47 Å². The fourth-order valence-electron chi connectivity index (χ4n) is 2.41. The minimum absolute atomic E-state index is 0.0311. The molecule has 0 aliphatic carbocycles. The average molecular weight is 299 g/mol. The van der Waals surface area contributed by atoms with E-state index in [0.717, 1.165) is 0 Å². The number of rotatable bonds is 2. The van der Waals surface area contributed by atoms with Gasteiger partial charge in [-0.15, -0.1) is 0 Å². The number of morpholine rings is 1. The highest BCUT2D eigenvalue weighted by atomic mass is 32.2. The molecular formula is C11H16F3NO3S. The Balaban J connectivity index is 2.30. The normalized spacial score (nSPS) is 34.5. The fraction of sp³-hybridized carbons (Fsp3) is 0.909. The van der Waals surface area contributed by atoms with Crippen molar-refractivity contribution in [3.63, 3.8) is 0 Å². The standard InChI is InChI=1S/C11H16F3NO3S/c1-17-9-6-8(16)7-10(19-9,11(12,13)14)15-2-4-18-5-3-15/h9H,2-7H2,1H3. The monoisotopic (exact) mass is 299 g/mol. The summed E-state index contributed by atoms with van der Waals surface area (Å²) in [6.07, 6.45) is -4.97. The molecule has 2 unspecified atom stereocenters. The third-order valence-corrected chi connectivity index (χ3v) is 5.03. The molecule has 4 nitrogen and oxygen atoms in total.